The molecule has 0 amide bonds. The van der Waals surface area contributed by atoms with E-state index in [2.05, 4.69) is 0 Å². The van der Waals surface area contributed by atoms with Crippen LogP contribution >= 0.6 is 0 Å². The number of aromatic carboxylic acids is 2. The van der Waals surface area contributed by atoms with Crippen molar-refractivity contribution < 1.29 is 36.6 Å². The molecule has 0 atom stereocenters. The van der Waals surface area contributed by atoms with E-state index in [0.29, 0.717) is 0 Å². The van der Waals surface area contributed by atoms with Crippen molar-refractivity contribution in [2.24, 2.45) is 0 Å². The minimum atomic E-state index is -1.48. The van der Waals surface area contributed by atoms with Crippen molar-refractivity contribution in [2.45, 2.75) is 0 Å². The number of rotatable bonds is 2. The minimum Gasteiger partial charge on any atom is -0.545 e. The molecule has 5 nitrogen and oxygen atoms in total. The van der Waals surface area contributed by atoms with Gasteiger partial charge in [-0.25, -0.2) is 0 Å². The molecule has 0 heterocycles. The van der Waals surface area contributed by atoms with Gasteiger partial charge in [0.1, 0.15) is 0 Å². The molecule has 1 rings (SSSR count). The Morgan fingerprint density at radius 1 is 1.00 bits per heavy atom. The van der Waals surface area contributed by atoms with Gasteiger partial charge in [0.25, 0.3) is 0 Å². The first kappa shape index (κ1) is 12.5. The van der Waals surface area contributed by atoms with Crippen LogP contribution in [0.1, 0.15) is 20.7 Å². The first-order chi connectivity index (χ1) is 6.00. The van der Waals surface area contributed by atoms with Crippen molar-refractivity contribution in [1.29, 1.82) is 0 Å². The van der Waals surface area contributed by atoms with Gasteiger partial charge in [-0.05, 0) is 29.3 Å². The smallest absolute Gasteiger partial charge is 0.545 e. The van der Waals surface area contributed by atoms with Crippen LogP contribution in [0.3, 0.4) is 0 Å². The average molecular weight is 238 g/mol. The zero-order valence-corrected chi connectivity index (χ0v) is 7.82. The predicted octanol–water partition coefficient (Wildman–Crippen LogP) is -2.01. The Bertz CT molecular complexity index is 345. The second-order valence-corrected chi connectivity index (χ2v) is 2.42. The van der Waals surface area contributed by atoms with Crippen molar-refractivity contribution in [3.05, 3.63) is 29.3 Å². The van der Waals surface area contributed by atoms with Gasteiger partial charge in [-0.15, -0.1) is 0 Å². The molecule has 0 spiro atoms. The number of nitrogens with two attached hydrogens (primary N) is 1. The van der Waals surface area contributed by atoms with Crippen molar-refractivity contribution >= 4 is 17.6 Å². The first-order valence-electron chi connectivity index (χ1n) is 3.34. The zero-order chi connectivity index (χ0) is 10.0. The molecule has 0 aromatic heterocycles. The Morgan fingerprint density at radius 3 is 1.64 bits per heavy atom. The summed E-state index contributed by atoms with van der Waals surface area (Å²) in [5.41, 5.74) is 4.74. The van der Waals surface area contributed by atoms with Crippen LogP contribution in [0.4, 0.5) is 5.69 Å². The molecule has 2 N–H and O–H groups in total. The topological polar surface area (TPSA) is 106 Å². The fourth-order valence-corrected chi connectivity index (χ4v) is 0.887. The van der Waals surface area contributed by atoms with Crippen molar-refractivity contribution in [3.8, 4) is 0 Å². The van der Waals surface area contributed by atoms with Crippen molar-refractivity contribution in [1.82, 2.24) is 0 Å². The number of benzene rings is 1. The van der Waals surface area contributed by atoms with Gasteiger partial charge in [-0.3, -0.25) is 0 Å². The summed E-state index contributed by atoms with van der Waals surface area (Å²) in [4.78, 5) is 20.7. The van der Waals surface area contributed by atoms with E-state index in [-0.39, 0.29) is 33.6 Å². The quantitative estimate of drug-likeness (QED) is 0.599. The monoisotopic (exact) mass is 238 g/mol. The molecular formula is C8H5CoNO4. The molecule has 1 aromatic rings. The molecule has 0 saturated heterocycles. The normalized spacial score (nSPS) is 8.86. The number of carboxylic acid groups (broad SMARTS) is 2. The fraction of sp³-hybridized carbons (Fsp3) is 0. The number of hydrogen-bond acceptors (Lipinski definition) is 5. The van der Waals surface area contributed by atoms with E-state index in [1.807, 2.05) is 0 Å². The molecule has 75 valence electrons. The van der Waals surface area contributed by atoms with Gasteiger partial charge in [0.2, 0.25) is 0 Å². The van der Waals surface area contributed by atoms with E-state index in [1.165, 1.54) is 0 Å². The summed E-state index contributed by atoms with van der Waals surface area (Å²) in [6.45, 7) is 0. The molecule has 1 aromatic carbocycles. The molecule has 14 heavy (non-hydrogen) atoms. The summed E-state index contributed by atoms with van der Waals surface area (Å²) in [7, 11) is 0. The molecule has 0 aliphatic heterocycles. The fourth-order valence-electron chi connectivity index (χ4n) is 0.887. The van der Waals surface area contributed by atoms with Crippen LogP contribution in [0.5, 0.6) is 0 Å². The van der Waals surface area contributed by atoms with E-state index in [9.17, 15) is 19.8 Å². The van der Waals surface area contributed by atoms with Crippen LogP contribution in [0.15, 0.2) is 18.2 Å². The SMILES string of the molecule is Nc1cc(C(=O)[O-])cc(C(=O)[O-])c1.[Co+2]. The second kappa shape index (κ2) is 4.63. The Labute approximate surface area is 89.7 Å². The molecular weight excluding hydrogens is 233 g/mol. The van der Waals surface area contributed by atoms with Crippen LogP contribution < -0.4 is 15.9 Å². The molecule has 0 aliphatic carbocycles. The van der Waals surface area contributed by atoms with Gasteiger partial charge >= 0.3 is 16.8 Å². The number of nitrogen functional groups attached to an aromatic ring is 1. The van der Waals surface area contributed by atoms with Crippen LogP contribution in [0.2, 0.25) is 0 Å². The predicted molar refractivity (Wildman–Crippen MR) is 39.5 cm³/mol. The zero-order valence-electron chi connectivity index (χ0n) is 6.78. The van der Waals surface area contributed by atoms with Crippen molar-refractivity contribution in [2.75, 3.05) is 5.73 Å². The van der Waals surface area contributed by atoms with Gasteiger partial charge < -0.3 is 25.5 Å². The summed E-state index contributed by atoms with van der Waals surface area (Å²) in [6.07, 6.45) is 0. The summed E-state index contributed by atoms with van der Waals surface area (Å²) in [5, 5.41) is 20.7. The Hall–Kier alpha value is -1.53. The third-order valence-corrected chi connectivity index (χ3v) is 1.43. The maximum Gasteiger partial charge on any atom is 2.00 e. The van der Waals surface area contributed by atoms with Crippen LogP contribution in [-0.2, 0) is 16.8 Å². The number of carbonyl (C=O) groups excluding carboxylic acids is 2. The molecule has 0 bridgehead atoms. The first-order valence-corrected chi connectivity index (χ1v) is 3.34. The Morgan fingerprint density at radius 2 is 1.36 bits per heavy atom. The summed E-state index contributed by atoms with van der Waals surface area (Å²) >= 11 is 0. The number of anilines is 1. The van der Waals surface area contributed by atoms with E-state index < -0.39 is 11.9 Å². The van der Waals surface area contributed by atoms with E-state index >= 15 is 0 Å². The second-order valence-electron chi connectivity index (χ2n) is 2.42. The van der Waals surface area contributed by atoms with E-state index in [4.69, 9.17) is 5.73 Å². The third-order valence-electron chi connectivity index (χ3n) is 1.43. The van der Waals surface area contributed by atoms with Crippen LogP contribution in [0, 0.1) is 0 Å². The van der Waals surface area contributed by atoms with E-state index in [0.717, 1.165) is 18.2 Å². The third kappa shape index (κ3) is 2.75. The largest absolute Gasteiger partial charge is 2.00 e. The maximum atomic E-state index is 10.3. The van der Waals surface area contributed by atoms with Gasteiger partial charge in [0.15, 0.2) is 0 Å². The molecule has 0 fully saturated rings. The molecule has 0 aliphatic rings. The molecule has 0 unspecified atom stereocenters. The molecule has 6 heteroatoms. The van der Waals surface area contributed by atoms with Gasteiger partial charge in [0, 0.05) is 5.69 Å². The van der Waals surface area contributed by atoms with Crippen LogP contribution in [0.25, 0.3) is 0 Å². The minimum absolute atomic E-state index is 0. The Kier molecular flexibility index (Phi) is 4.13. The number of hydrogen-bond donors (Lipinski definition) is 1. The summed E-state index contributed by atoms with van der Waals surface area (Å²) in [6, 6.07) is 3.16. The van der Waals surface area contributed by atoms with Crippen LogP contribution in [-0.4, -0.2) is 11.9 Å². The summed E-state index contributed by atoms with van der Waals surface area (Å²) < 4.78 is 0. The van der Waals surface area contributed by atoms with Crippen molar-refractivity contribution in [3.63, 3.8) is 0 Å². The molecule has 1 radical (unpaired) electrons. The Balaban J connectivity index is 0.00000169. The summed E-state index contributed by atoms with van der Waals surface area (Å²) in [5.74, 6) is -2.95. The number of carboxylic acids is 2. The van der Waals surface area contributed by atoms with Gasteiger partial charge in [-0.1, -0.05) is 0 Å². The number of carbonyl (C=O) groups is 2. The average Bonchev–Trinajstić information content (AvgIpc) is 2.03. The standard InChI is InChI=1S/C8H7NO4.Co/c9-6-2-4(7(10)11)1-5(3-6)8(12)13;/h1-3H,9H2,(H,10,11)(H,12,13);/q;+2/p-2. The van der Waals surface area contributed by atoms with Gasteiger partial charge in [0.05, 0.1) is 11.9 Å². The van der Waals surface area contributed by atoms with E-state index in [1.54, 1.807) is 0 Å². The molecule has 0 saturated carbocycles. The maximum absolute atomic E-state index is 10.3. The van der Waals surface area contributed by atoms with Gasteiger partial charge in [-0.2, -0.15) is 0 Å².